The van der Waals surface area contributed by atoms with Crippen LogP contribution in [0, 0.1) is 6.92 Å². The predicted molar refractivity (Wildman–Crippen MR) is 69.2 cm³/mol. The van der Waals surface area contributed by atoms with Gasteiger partial charge in [0, 0.05) is 10.3 Å². The van der Waals surface area contributed by atoms with Gasteiger partial charge >= 0.3 is 0 Å². The molecule has 2 aromatic rings. The summed E-state index contributed by atoms with van der Waals surface area (Å²) in [6.45, 7) is 3.87. The minimum Gasteiger partial charge on any atom is -0.249 e. The molecule has 0 unspecified atom stereocenters. The highest BCUT2D eigenvalue weighted by molar-refractivity contribution is 7.92. The van der Waals surface area contributed by atoms with E-state index in [1.54, 1.807) is 10.9 Å². The van der Waals surface area contributed by atoms with Crippen molar-refractivity contribution in [2.45, 2.75) is 30.4 Å². The summed E-state index contributed by atoms with van der Waals surface area (Å²) in [5.41, 5.74) is 3.09. The van der Waals surface area contributed by atoms with E-state index in [0.29, 0.717) is 5.69 Å². The molecule has 2 aromatic heterocycles. The van der Waals surface area contributed by atoms with Crippen molar-refractivity contribution >= 4 is 32.5 Å². The molecule has 0 aliphatic carbocycles. The van der Waals surface area contributed by atoms with Gasteiger partial charge in [-0.25, -0.2) is 18.4 Å². The summed E-state index contributed by atoms with van der Waals surface area (Å²) in [5, 5.41) is 1.75. The van der Waals surface area contributed by atoms with Crippen LogP contribution in [0.15, 0.2) is 15.2 Å². The second-order valence-electron chi connectivity index (χ2n) is 3.58. The Morgan fingerprint density at radius 1 is 1.41 bits per heavy atom. The molecular formula is C10H12N2O2S3. The van der Waals surface area contributed by atoms with Crippen LogP contribution >= 0.6 is 22.7 Å². The zero-order valence-corrected chi connectivity index (χ0v) is 12.0. The Balaban J connectivity index is 2.31. The number of nitrogens with zero attached hydrogens (tertiary/aromatic N) is 2. The molecular weight excluding hydrogens is 276 g/mol. The second-order valence-corrected chi connectivity index (χ2v) is 7.66. The van der Waals surface area contributed by atoms with E-state index in [4.69, 9.17) is 0 Å². The van der Waals surface area contributed by atoms with Crippen LogP contribution in [0.5, 0.6) is 0 Å². The summed E-state index contributed by atoms with van der Waals surface area (Å²) < 4.78 is 24.4. The Labute approximate surface area is 108 Å². The van der Waals surface area contributed by atoms with Crippen molar-refractivity contribution < 1.29 is 8.42 Å². The third-order valence-electron chi connectivity index (χ3n) is 2.30. The average molecular weight is 288 g/mol. The number of sulfone groups is 1. The van der Waals surface area contributed by atoms with Crippen LogP contribution in [0.25, 0.3) is 0 Å². The van der Waals surface area contributed by atoms with E-state index in [0.717, 1.165) is 17.0 Å². The summed E-state index contributed by atoms with van der Waals surface area (Å²) in [7, 11) is -3.34. The first-order valence-corrected chi connectivity index (χ1v) is 8.50. The Morgan fingerprint density at radius 2 is 2.18 bits per heavy atom. The molecule has 2 rings (SSSR count). The fourth-order valence-electron chi connectivity index (χ4n) is 1.43. The van der Waals surface area contributed by atoms with Gasteiger partial charge in [0.1, 0.15) is 5.75 Å². The number of aryl methyl sites for hydroxylation is 2. The molecule has 0 N–H and O–H groups in total. The molecule has 0 saturated heterocycles. The first-order chi connectivity index (χ1) is 8.03. The Hall–Kier alpha value is -0.790. The molecule has 92 valence electrons. The minimum atomic E-state index is -3.34. The van der Waals surface area contributed by atoms with E-state index in [1.807, 2.05) is 13.8 Å². The minimum absolute atomic E-state index is 0.0629. The van der Waals surface area contributed by atoms with E-state index >= 15 is 0 Å². The standard InChI is InChI=1S/C10H12N2O2S3/c1-3-9-7(2)16-10(12-9)17(13,14)5-8-4-15-6-11-8/h4,6H,3,5H2,1-2H3. The van der Waals surface area contributed by atoms with Gasteiger partial charge in [-0.3, -0.25) is 0 Å². The summed E-state index contributed by atoms with van der Waals surface area (Å²) in [6, 6.07) is 0. The molecule has 0 radical (unpaired) electrons. The summed E-state index contributed by atoms with van der Waals surface area (Å²) >= 11 is 2.64. The van der Waals surface area contributed by atoms with E-state index in [2.05, 4.69) is 9.97 Å². The van der Waals surface area contributed by atoms with Crippen molar-refractivity contribution in [3.8, 4) is 0 Å². The van der Waals surface area contributed by atoms with Gasteiger partial charge in [0.2, 0.25) is 14.2 Å². The van der Waals surface area contributed by atoms with Crippen molar-refractivity contribution in [3.63, 3.8) is 0 Å². The zero-order valence-electron chi connectivity index (χ0n) is 9.50. The monoisotopic (exact) mass is 288 g/mol. The Morgan fingerprint density at radius 3 is 2.71 bits per heavy atom. The molecule has 2 heterocycles. The van der Waals surface area contributed by atoms with Crippen LogP contribution in [0.2, 0.25) is 0 Å². The van der Waals surface area contributed by atoms with Crippen molar-refractivity contribution in [1.29, 1.82) is 0 Å². The molecule has 0 aromatic carbocycles. The summed E-state index contributed by atoms with van der Waals surface area (Å²) in [5.74, 6) is -0.0629. The lowest BCUT2D eigenvalue weighted by atomic mass is 10.3. The van der Waals surface area contributed by atoms with Gasteiger partial charge in [-0.2, -0.15) is 0 Å². The first-order valence-electron chi connectivity index (χ1n) is 5.09. The molecule has 0 spiro atoms. The highest BCUT2D eigenvalue weighted by Gasteiger charge is 2.21. The number of rotatable bonds is 4. The Kier molecular flexibility index (Phi) is 3.60. The highest BCUT2D eigenvalue weighted by atomic mass is 32.2. The van der Waals surface area contributed by atoms with E-state index in [-0.39, 0.29) is 10.1 Å². The lowest BCUT2D eigenvalue weighted by Crippen LogP contribution is -2.05. The topological polar surface area (TPSA) is 59.9 Å². The molecule has 0 bridgehead atoms. The molecule has 0 aliphatic heterocycles. The van der Waals surface area contributed by atoms with Crippen molar-refractivity contribution in [3.05, 3.63) is 27.2 Å². The fraction of sp³-hybridized carbons (Fsp3) is 0.400. The smallest absolute Gasteiger partial charge is 0.211 e. The first kappa shape index (κ1) is 12.7. The van der Waals surface area contributed by atoms with Gasteiger partial charge in [0.25, 0.3) is 0 Å². The van der Waals surface area contributed by atoms with Crippen LogP contribution in [0.3, 0.4) is 0 Å². The predicted octanol–water partition coefficient (Wildman–Crippen LogP) is 2.44. The van der Waals surface area contributed by atoms with E-state index in [9.17, 15) is 8.42 Å². The maximum Gasteiger partial charge on any atom is 0.211 e. The molecule has 0 aliphatic rings. The van der Waals surface area contributed by atoms with Gasteiger partial charge in [-0.15, -0.1) is 22.7 Å². The van der Waals surface area contributed by atoms with Crippen LogP contribution in [-0.2, 0) is 22.0 Å². The second kappa shape index (κ2) is 4.83. The van der Waals surface area contributed by atoms with E-state index in [1.165, 1.54) is 22.7 Å². The van der Waals surface area contributed by atoms with Crippen LogP contribution in [-0.4, -0.2) is 18.4 Å². The normalized spacial score (nSPS) is 11.9. The van der Waals surface area contributed by atoms with Crippen LogP contribution in [0.4, 0.5) is 0 Å². The van der Waals surface area contributed by atoms with Crippen molar-refractivity contribution in [2.24, 2.45) is 0 Å². The number of hydrogen-bond acceptors (Lipinski definition) is 6. The molecule has 4 nitrogen and oxygen atoms in total. The Bertz CT molecular complexity index is 600. The number of thiazole rings is 2. The molecule has 17 heavy (non-hydrogen) atoms. The molecule has 0 fully saturated rings. The molecule has 7 heteroatoms. The van der Waals surface area contributed by atoms with E-state index < -0.39 is 9.84 Å². The number of hydrogen-bond donors (Lipinski definition) is 0. The maximum absolute atomic E-state index is 12.1. The molecule has 0 amide bonds. The van der Waals surface area contributed by atoms with Crippen molar-refractivity contribution in [1.82, 2.24) is 9.97 Å². The maximum atomic E-state index is 12.1. The fourth-order valence-corrected chi connectivity index (χ4v) is 4.80. The largest absolute Gasteiger partial charge is 0.249 e. The van der Waals surface area contributed by atoms with Gasteiger partial charge in [0.15, 0.2) is 0 Å². The van der Waals surface area contributed by atoms with Gasteiger partial charge in [0.05, 0.1) is 16.9 Å². The molecule has 0 saturated carbocycles. The molecule has 0 atom stereocenters. The van der Waals surface area contributed by atoms with Crippen molar-refractivity contribution in [2.75, 3.05) is 0 Å². The third kappa shape index (κ3) is 2.72. The zero-order chi connectivity index (χ0) is 12.5. The number of aromatic nitrogens is 2. The average Bonchev–Trinajstić information content (AvgIpc) is 2.87. The van der Waals surface area contributed by atoms with Gasteiger partial charge in [-0.05, 0) is 13.3 Å². The van der Waals surface area contributed by atoms with Crippen LogP contribution in [0.1, 0.15) is 23.2 Å². The quantitative estimate of drug-likeness (QED) is 0.867. The van der Waals surface area contributed by atoms with Crippen LogP contribution < -0.4 is 0 Å². The van der Waals surface area contributed by atoms with Gasteiger partial charge < -0.3 is 0 Å². The SMILES string of the molecule is CCc1nc(S(=O)(=O)Cc2cscn2)sc1C. The third-order valence-corrected chi connectivity index (χ3v) is 6.05. The lowest BCUT2D eigenvalue weighted by Gasteiger charge is -1.96. The lowest BCUT2D eigenvalue weighted by molar-refractivity contribution is 0.593. The summed E-state index contributed by atoms with van der Waals surface area (Å²) in [4.78, 5) is 9.16. The van der Waals surface area contributed by atoms with Gasteiger partial charge in [-0.1, -0.05) is 6.92 Å². The summed E-state index contributed by atoms with van der Waals surface area (Å²) in [6.07, 6.45) is 0.758. The highest BCUT2D eigenvalue weighted by Crippen LogP contribution is 2.25.